The molecule has 4 heteroatoms. The van der Waals surface area contributed by atoms with Crippen LogP contribution in [0.2, 0.25) is 5.02 Å². The van der Waals surface area contributed by atoms with Gasteiger partial charge in [0.25, 0.3) is 0 Å². The monoisotopic (exact) mass is 309 g/mol. The van der Waals surface area contributed by atoms with E-state index in [0.29, 0.717) is 5.02 Å². The highest BCUT2D eigenvalue weighted by atomic mass is 35.5. The number of aryl methyl sites for hydroxylation is 1. The summed E-state index contributed by atoms with van der Waals surface area (Å²) in [7, 11) is 0. The minimum Gasteiger partial charge on any atom is -0.275 e. The second-order valence-corrected chi connectivity index (χ2v) is 5.79. The molecule has 0 spiro atoms. The molecule has 0 aromatic heterocycles. The Morgan fingerprint density at radius 2 is 1.91 bits per heavy atom. The predicted molar refractivity (Wildman–Crippen MR) is 88.8 cm³/mol. The van der Waals surface area contributed by atoms with E-state index in [-0.39, 0.29) is 6.04 Å². The number of rotatable bonds is 3. The van der Waals surface area contributed by atoms with E-state index in [0.717, 1.165) is 35.4 Å². The minimum atomic E-state index is -0.342. The summed E-state index contributed by atoms with van der Waals surface area (Å²) in [6.45, 7) is 2.78. The zero-order valence-electron chi connectivity index (χ0n) is 12.3. The van der Waals surface area contributed by atoms with E-state index in [2.05, 4.69) is 11.2 Å². The molecule has 0 saturated carbocycles. The van der Waals surface area contributed by atoms with E-state index in [1.807, 2.05) is 60.5 Å². The molecule has 0 saturated heterocycles. The van der Waals surface area contributed by atoms with Gasteiger partial charge in [0.1, 0.15) is 0 Å². The zero-order chi connectivity index (χ0) is 15.5. The molecule has 1 heterocycles. The van der Waals surface area contributed by atoms with E-state index in [4.69, 9.17) is 11.6 Å². The average Bonchev–Trinajstić information content (AvgIpc) is 3.00. The molecule has 0 amide bonds. The maximum atomic E-state index is 9.58. The van der Waals surface area contributed by atoms with Crippen molar-refractivity contribution in [2.24, 2.45) is 5.10 Å². The van der Waals surface area contributed by atoms with Crippen LogP contribution in [-0.2, 0) is 0 Å². The van der Waals surface area contributed by atoms with E-state index in [1.54, 1.807) is 0 Å². The topological polar surface area (TPSA) is 39.4 Å². The highest BCUT2D eigenvalue weighted by molar-refractivity contribution is 6.30. The van der Waals surface area contributed by atoms with Crippen molar-refractivity contribution in [1.29, 1.82) is 5.26 Å². The van der Waals surface area contributed by atoms with Gasteiger partial charge in [-0.1, -0.05) is 48.0 Å². The van der Waals surface area contributed by atoms with Gasteiger partial charge < -0.3 is 0 Å². The van der Waals surface area contributed by atoms with Crippen LogP contribution in [0.15, 0.2) is 53.6 Å². The molecular formula is C18H16ClN3. The summed E-state index contributed by atoms with van der Waals surface area (Å²) < 4.78 is 0. The fourth-order valence-electron chi connectivity index (χ4n) is 2.70. The molecular weight excluding hydrogens is 294 g/mol. The number of hydrogen-bond donors (Lipinski definition) is 0. The van der Waals surface area contributed by atoms with Gasteiger partial charge in [-0.15, -0.1) is 0 Å². The number of hydrazone groups is 1. The van der Waals surface area contributed by atoms with Crippen LogP contribution >= 0.6 is 11.6 Å². The molecule has 2 aromatic carbocycles. The van der Waals surface area contributed by atoms with Crippen molar-refractivity contribution in [2.45, 2.75) is 19.4 Å². The molecule has 22 heavy (non-hydrogen) atoms. The van der Waals surface area contributed by atoms with Gasteiger partial charge in [-0.2, -0.15) is 10.4 Å². The average molecular weight is 310 g/mol. The highest BCUT2D eigenvalue weighted by Gasteiger charge is 2.25. The van der Waals surface area contributed by atoms with E-state index >= 15 is 0 Å². The maximum absolute atomic E-state index is 9.58. The third-order valence-corrected chi connectivity index (χ3v) is 4.16. The second kappa shape index (κ2) is 6.21. The lowest BCUT2D eigenvalue weighted by atomic mass is 10.0. The van der Waals surface area contributed by atoms with Gasteiger partial charge in [-0.3, -0.25) is 5.01 Å². The SMILES string of the molecule is Cc1ccccc1[C@H](C#N)N1CCC(c2ccc(Cl)cc2)=N1. The lowest BCUT2D eigenvalue weighted by Crippen LogP contribution is -2.20. The van der Waals surface area contributed by atoms with Crippen LogP contribution in [0, 0.1) is 18.3 Å². The number of benzene rings is 2. The molecule has 0 radical (unpaired) electrons. The Labute approximate surface area is 135 Å². The third kappa shape index (κ3) is 2.84. The molecule has 0 aliphatic carbocycles. The first-order valence-electron chi connectivity index (χ1n) is 7.24. The number of halogens is 1. The molecule has 1 aliphatic heterocycles. The maximum Gasteiger partial charge on any atom is 0.158 e. The van der Waals surface area contributed by atoms with Crippen LogP contribution in [0.1, 0.15) is 29.2 Å². The number of nitrogens with zero attached hydrogens (tertiary/aromatic N) is 3. The third-order valence-electron chi connectivity index (χ3n) is 3.91. The summed E-state index contributed by atoms with van der Waals surface area (Å²) >= 11 is 5.92. The Bertz CT molecular complexity index is 744. The molecule has 110 valence electrons. The Balaban J connectivity index is 1.88. The van der Waals surface area contributed by atoms with Crippen molar-refractivity contribution in [2.75, 3.05) is 6.54 Å². The lowest BCUT2D eigenvalue weighted by Gasteiger charge is -2.21. The molecule has 0 fully saturated rings. The summed E-state index contributed by atoms with van der Waals surface area (Å²) in [6, 6.07) is 17.7. The molecule has 3 nitrogen and oxygen atoms in total. The van der Waals surface area contributed by atoms with Crippen molar-refractivity contribution >= 4 is 17.3 Å². The Hall–Kier alpha value is -2.31. The van der Waals surface area contributed by atoms with Gasteiger partial charge in [0.15, 0.2) is 6.04 Å². The van der Waals surface area contributed by atoms with Crippen molar-refractivity contribution in [1.82, 2.24) is 5.01 Å². The van der Waals surface area contributed by atoms with Crippen molar-refractivity contribution in [3.63, 3.8) is 0 Å². The highest BCUT2D eigenvalue weighted by Crippen LogP contribution is 2.27. The molecule has 0 N–H and O–H groups in total. The summed E-state index contributed by atoms with van der Waals surface area (Å²) in [6.07, 6.45) is 0.839. The van der Waals surface area contributed by atoms with Crippen LogP contribution in [0.25, 0.3) is 0 Å². The van der Waals surface area contributed by atoms with Gasteiger partial charge >= 0.3 is 0 Å². The van der Waals surface area contributed by atoms with E-state index < -0.39 is 0 Å². The van der Waals surface area contributed by atoms with Crippen molar-refractivity contribution in [3.05, 3.63) is 70.2 Å². The van der Waals surface area contributed by atoms with Crippen LogP contribution in [0.4, 0.5) is 0 Å². The molecule has 1 atom stereocenters. The Morgan fingerprint density at radius 3 is 2.59 bits per heavy atom. The van der Waals surface area contributed by atoms with Crippen molar-refractivity contribution in [3.8, 4) is 6.07 Å². The summed E-state index contributed by atoms with van der Waals surface area (Å²) in [4.78, 5) is 0. The van der Waals surface area contributed by atoms with Crippen LogP contribution in [-0.4, -0.2) is 17.3 Å². The molecule has 1 aliphatic rings. The standard InChI is InChI=1S/C18H16ClN3/c1-13-4-2-3-5-16(13)18(12-20)22-11-10-17(21-22)14-6-8-15(19)9-7-14/h2-9,18H,10-11H2,1H3/t18-/m0/s1. The van der Waals surface area contributed by atoms with E-state index in [9.17, 15) is 5.26 Å². The lowest BCUT2D eigenvalue weighted by molar-refractivity contribution is 0.274. The Kier molecular flexibility index (Phi) is 4.13. The van der Waals surface area contributed by atoms with Gasteiger partial charge in [-0.25, -0.2) is 0 Å². The van der Waals surface area contributed by atoms with E-state index in [1.165, 1.54) is 0 Å². The number of nitriles is 1. The predicted octanol–water partition coefficient (Wildman–Crippen LogP) is 4.32. The fourth-order valence-corrected chi connectivity index (χ4v) is 2.82. The van der Waals surface area contributed by atoms with Gasteiger partial charge in [0, 0.05) is 18.0 Å². The quantitative estimate of drug-likeness (QED) is 0.847. The summed E-state index contributed by atoms with van der Waals surface area (Å²) in [5.41, 5.74) is 4.20. The van der Waals surface area contributed by atoms with Gasteiger partial charge in [-0.05, 0) is 35.7 Å². The van der Waals surface area contributed by atoms with Crippen LogP contribution in [0.3, 0.4) is 0 Å². The molecule has 0 bridgehead atoms. The zero-order valence-corrected chi connectivity index (χ0v) is 13.1. The largest absolute Gasteiger partial charge is 0.275 e. The minimum absolute atomic E-state index is 0.342. The summed E-state index contributed by atoms with van der Waals surface area (Å²) in [5, 5.41) is 16.8. The molecule has 3 rings (SSSR count). The first kappa shape index (κ1) is 14.6. The van der Waals surface area contributed by atoms with Crippen LogP contribution in [0.5, 0.6) is 0 Å². The normalized spacial score (nSPS) is 15.3. The smallest absolute Gasteiger partial charge is 0.158 e. The molecule has 2 aromatic rings. The van der Waals surface area contributed by atoms with Gasteiger partial charge in [0.05, 0.1) is 11.8 Å². The molecule has 0 unspecified atom stereocenters. The summed E-state index contributed by atoms with van der Waals surface area (Å²) in [5.74, 6) is 0. The second-order valence-electron chi connectivity index (χ2n) is 5.35. The fraction of sp³-hybridized carbons (Fsp3) is 0.222. The Morgan fingerprint density at radius 1 is 1.18 bits per heavy atom. The first-order chi connectivity index (χ1) is 10.7. The van der Waals surface area contributed by atoms with Crippen molar-refractivity contribution < 1.29 is 0 Å². The first-order valence-corrected chi connectivity index (χ1v) is 7.62. The van der Waals surface area contributed by atoms with Crippen LogP contribution < -0.4 is 0 Å². The number of hydrogen-bond acceptors (Lipinski definition) is 3. The van der Waals surface area contributed by atoms with Gasteiger partial charge in [0.2, 0.25) is 0 Å².